The number of thiophene rings is 1. The van der Waals surface area contributed by atoms with Crippen LogP contribution in [0.25, 0.3) is 10.2 Å². The summed E-state index contributed by atoms with van der Waals surface area (Å²) in [5.41, 5.74) is 1.11. The molecule has 0 radical (unpaired) electrons. The van der Waals surface area contributed by atoms with Gasteiger partial charge in [-0.1, -0.05) is 6.42 Å². The second-order valence-corrected chi connectivity index (χ2v) is 7.60. The number of aromatic nitrogens is 2. The van der Waals surface area contributed by atoms with Crippen molar-refractivity contribution >= 4 is 27.5 Å². The van der Waals surface area contributed by atoms with Crippen molar-refractivity contribution in [2.75, 3.05) is 0 Å². The molecule has 1 unspecified atom stereocenters. The van der Waals surface area contributed by atoms with Crippen molar-refractivity contribution in [1.82, 2.24) is 9.97 Å². The average molecular weight is 332 g/mol. The molecular formula is C17H20N2O3S. The Kier molecular flexibility index (Phi) is 3.93. The van der Waals surface area contributed by atoms with Crippen LogP contribution in [0.2, 0.25) is 0 Å². The molecule has 5 nitrogen and oxygen atoms in total. The highest BCUT2D eigenvalue weighted by Gasteiger charge is 2.30. The van der Waals surface area contributed by atoms with Gasteiger partial charge in [-0.2, -0.15) is 0 Å². The van der Waals surface area contributed by atoms with Crippen molar-refractivity contribution in [3.05, 3.63) is 16.8 Å². The van der Waals surface area contributed by atoms with Crippen molar-refractivity contribution in [3.8, 4) is 5.88 Å². The number of carboxylic acids is 1. The maximum absolute atomic E-state index is 11.4. The van der Waals surface area contributed by atoms with E-state index < -0.39 is 5.97 Å². The summed E-state index contributed by atoms with van der Waals surface area (Å²) in [5.74, 6) is -0.352. The molecule has 2 aliphatic rings. The second kappa shape index (κ2) is 6.07. The number of aryl methyl sites for hydroxylation is 1. The van der Waals surface area contributed by atoms with E-state index in [-0.39, 0.29) is 12.0 Å². The molecule has 1 fully saturated rings. The fourth-order valence-corrected chi connectivity index (χ4v) is 4.89. The predicted octanol–water partition coefficient (Wildman–Crippen LogP) is 3.59. The molecule has 1 N–H and O–H groups in total. The molecule has 0 saturated heterocycles. The van der Waals surface area contributed by atoms with Gasteiger partial charge in [0.25, 0.3) is 0 Å². The van der Waals surface area contributed by atoms with Gasteiger partial charge < -0.3 is 9.84 Å². The van der Waals surface area contributed by atoms with E-state index in [9.17, 15) is 9.90 Å². The molecule has 1 atom stereocenters. The van der Waals surface area contributed by atoms with Gasteiger partial charge in [-0.15, -0.1) is 11.3 Å². The summed E-state index contributed by atoms with van der Waals surface area (Å²) >= 11 is 1.67. The lowest BCUT2D eigenvalue weighted by molar-refractivity contribution is -0.142. The largest absolute Gasteiger partial charge is 0.481 e. The number of ether oxygens (including phenoxy) is 1. The molecular weight excluding hydrogens is 312 g/mol. The molecule has 0 bridgehead atoms. The van der Waals surface area contributed by atoms with Crippen LogP contribution in [0.15, 0.2) is 6.33 Å². The van der Waals surface area contributed by atoms with Crippen LogP contribution < -0.4 is 4.74 Å². The maximum Gasteiger partial charge on any atom is 0.306 e. The Bertz CT molecular complexity index is 737. The highest BCUT2D eigenvalue weighted by atomic mass is 32.1. The second-order valence-electron chi connectivity index (χ2n) is 6.52. The number of fused-ring (bicyclic) bond motifs is 3. The Morgan fingerprint density at radius 2 is 2.04 bits per heavy atom. The summed E-state index contributed by atoms with van der Waals surface area (Å²) in [6.07, 6.45) is 9.76. The van der Waals surface area contributed by atoms with E-state index in [0.29, 0.717) is 18.7 Å². The summed E-state index contributed by atoms with van der Waals surface area (Å²) in [4.78, 5) is 22.3. The van der Waals surface area contributed by atoms with Crippen LogP contribution in [0.4, 0.5) is 0 Å². The van der Waals surface area contributed by atoms with Gasteiger partial charge in [0.05, 0.1) is 11.3 Å². The fourth-order valence-electron chi connectivity index (χ4n) is 3.72. The first-order chi connectivity index (χ1) is 11.2. The van der Waals surface area contributed by atoms with E-state index in [0.717, 1.165) is 35.0 Å². The molecule has 122 valence electrons. The summed E-state index contributed by atoms with van der Waals surface area (Å²) in [5, 5.41) is 10.3. The predicted molar refractivity (Wildman–Crippen MR) is 88.1 cm³/mol. The maximum atomic E-state index is 11.4. The topological polar surface area (TPSA) is 72.3 Å². The highest BCUT2D eigenvalue weighted by Crippen LogP contribution is 2.41. The standard InChI is InChI=1S/C17H20N2O3S/c20-17(21)10-6-7-13-12(8-10)14-15(18-9-19-16(14)23-13)22-11-4-2-1-3-5-11/h9-11H,1-8H2,(H,20,21). The smallest absolute Gasteiger partial charge is 0.306 e. The zero-order valence-electron chi connectivity index (χ0n) is 13.0. The van der Waals surface area contributed by atoms with Gasteiger partial charge in [0, 0.05) is 4.88 Å². The van der Waals surface area contributed by atoms with Gasteiger partial charge in [-0.05, 0) is 50.5 Å². The van der Waals surface area contributed by atoms with Crippen LogP contribution in [-0.2, 0) is 17.6 Å². The van der Waals surface area contributed by atoms with Crippen molar-refractivity contribution in [2.24, 2.45) is 5.92 Å². The van der Waals surface area contributed by atoms with Crippen molar-refractivity contribution in [3.63, 3.8) is 0 Å². The van der Waals surface area contributed by atoms with E-state index >= 15 is 0 Å². The third kappa shape index (κ3) is 2.80. The lowest BCUT2D eigenvalue weighted by Gasteiger charge is -2.23. The van der Waals surface area contributed by atoms with Crippen LogP contribution in [-0.4, -0.2) is 27.1 Å². The molecule has 0 aromatic carbocycles. The summed E-state index contributed by atoms with van der Waals surface area (Å²) in [6.45, 7) is 0. The van der Waals surface area contributed by atoms with Crippen molar-refractivity contribution < 1.29 is 14.6 Å². The van der Waals surface area contributed by atoms with E-state index in [1.165, 1.54) is 24.1 Å². The number of hydrogen-bond donors (Lipinski definition) is 1. The van der Waals surface area contributed by atoms with E-state index in [4.69, 9.17) is 4.74 Å². The molecule has 6 heteroatoms. The minimum Gasteiger partial charge on any atom is -0.481 e. The van der Waals surface area contributed by atoms with E-state index in [2.05, 4.69) is 9.97 Å². The van der Waals surface area contributed by atoms with Crippen LogP contribution in [0.5, 0.6) is 5.88 Å². The minimum atomic E-state index is -0.707. The quantitative estimate of drug-likeness (QED) is 0.930. The molecule has 0 spiro atoms. The third-order valence-corrected chi connectivity index (χ3v) is 6.19. The Labute approximate surface area is 138 Å². The van der Waals surface area contributed by atoms with Crippen LogP contribution in [0, 0.1) is 5.92 Å². The van der Waals surface area contributed by atoms with Gasteiger partial charge >= 0.3 is 5.97 Å². The molecule has 0 amide bonds. The number of hydrogen-bond acceptors (Lipinski definition) is 5. The molecule has 4 rings (SSSR count). The van der Waals surface area contributed by atoms with Gasteiger partial charge in [0.2, 0.25) is 5.88 Å². The average Bonchev–Trinajstić information content (AvgIpc) is 2.94. The van der Waals surface area contributed by atoms with Crippen molar-refractivity contribution in [2.45, 2.75) is 57.5 Å². The Balaban J connectivity index is 1.71. The van der Waals surface area contributed by atoms with Crippen molar-refractivity contribution in [1.29, 1.82) is 0 Å². The Hall–Kier alpha value is -1.69. The highest BCUT2D eigenvalue weighted by molar-refractivity contribution is 7.18. The van der Waals surface area contributed by atoms with Crippen LogP contribution in [0.1, 0.15) is 49.0 Å². The molecule has 2 heterocycles. The SMILES string of the molecule is O=C(O)C1CCc2sc3ncnc(OC4CCCCC4)c3c2C1. The molecule has 2 aromatic heterocycles. The number of aliphatic carboxylic acids is 1. The number of rotatable bonds is 3. The lowest BCUT2D eigenvalue weighted by atomic mass is 9.87. The minimum absolute atomic E-state index is 0.233. The first-order valence-electron chi connectivity index (χ1n) is 8.37. The molecule has 23 heavy (non-hydrogen) atoms. The van der Waals surface area contributed by atoms with Gasteiger partial charge in [0.15, 0.2) is 0 Å². The molecule has 2 aromatic rings. The van der Waals surface area contributed by atoms with E-state index in [1.807, 2.05) is 0 Å². The number of nitrogens with zero attached hydrogens (tertiary/aromatic N) is 2. The monoisotopic (exact) mass is 332 g/mol. The Morgan fingerprint density at radius 3 is 2.83 bits per heavy atom. The summed E-state index contributed by atoms with van der Waals surface area (Å²) < 4.78 is 6.20. The van der Waals surface area contributed by atoms with Gasteiger partial charge in [-0.3, -0.25) is 4.79 Å². The summed E-state index contributed by atoms with van der Waals surface area (Å²) in [6, 6.07) is 0. The third-order valence-electron chi connectivity index (χ3n) is 4.99. The van der Waals surface area contributed by atoms with Gasteiger partial charge in [-0.25, -0.2) is 9.97 Å². The molecule has 1 saturated carbocycles. The Morgan fingerprint density at radius 1 is 1.22 bits per heavy atom. The normalized spacial score (nSPS) is 22.0. The van der Waals surface area contributed by atoms with Crippen LogP contribution in [0.3, 0.4) is 0 Å². The number of carbonyl (C=O) groups is 1. The van der Waals surface area contributed by atoms with Gasteiger partial charge in [0.1, 0.15) is 17.3 Å². The lowest BCUT2D eigenvalue weighted by Crippen LogP contribution is -2.22. The first-order valence-corrected chi connectivity index (χ1v) is 9.18. The first kappa shape index (κ1) is 14.9. The fraction of sp³-hybridized carbons (Fsp3) is 0.588. The zero-order chi connectivity index (χ0) is 15.8. The van der Waals surface area contributed by atoms with E-state index in [1.54, 1.807) is 17.7 Å². The molecule has 0 aliphatic heterocycles. The summed E-state index contributed by atoms with van der Waals surface area (Å²) in [7, 11) is 0. The zero-order valence-corrected chi connectivity index (χ0v) is 13.8. The van der Waals surface area contributed by atoms with Crippen LogP contribution >= 0.6 is 11.3 Å². The number of carboxylic acid groups (broad SMARTS) is 1. The molecule has 2 aliphatic carbocycles.